The molecule has 1 N–H and O–H groups in total. The van der Waals surface area contributed by atoms with Crippen LogP contribution in [0.15, 0.2) is 72.8 Å². The Labute approximate surface area is 186 Å². The predicted octanol–water partition coefficient (Wildman–Crippen LogP) is 6.12. The molecule has 0 aliphatic carbocycles. The van der Waals surface area contributed by atoms with Crippen LogP contribution >= 0.6 is 11.6 Å². The van der Waals surface area contributed by atoms with E-state index in [1.165, 1.54) is 12.1 Å². The topological polar surface area (TPSA) is 41.6 Å². The van der Waals surface area contributed by atoms with E-state index in [4.69, 9.17) is 16.3 Å². The van der Waals surface area contributed by atoms with Crippen molar-refractivity contribution in [2.24, 2.45) is 5.92 Å². The van der Waals surface area contributed by atoms with E-state index in [9.17, 15) is 9.18 Å². The molecule has 31 heavy (non-hydrogen) atoms. The van der Waals surface area contributed by atoms with Crippen molar-refractivity contribution in [2.75, 3.05) is 18.4 Å². The minimum atomic E-state index is -0.226. The third-order valence-corrected chi connectivity index (χ3v) is 5.68. The van der Waals surface area contributed by atoms with Crippen molar-refractivity contribution in [3.8, 4) is 11.5 Å². The lowest BCUT2D eigenvalue weighted by Crippen LogP contribution is -2.37. The van der Waals surface area contributed by atoms with Crippen molar-refractivity contribution in [1.82, 2.24) is 4.90 Å². The van der Waals surface area contributed by atoms with Gasteiger partial charge in [0.15, 0.2) is 5.75 Å². The summed E-state index contributed by atoms with van der Waals surface area (Å²) in [5.41, 5.74) is 1.64. The second-order valence-electron chi connectivity index (χ2n) is 7.72. The van der Waals surface area contributed by atoms with Gasteiger partial charge in [-0.05, 0) is 74.0 Å². The number of ether oxygens (including phenoxy) is 1. The number of hydrogen-bond donors (Lipinski definition) is 1. The van der Waals surface area contributed by atoms with Gasteiger partial charge in [0.2, 0.25) is 5.91 Å². The van der Waals surface area contributed by atoms with Gasteiger partial charge in [0, 0.05) is 17.5 Å². The summed E-state index contributed by atoms with van der Waals surface area (Å²) in [6, 6.07) is 21.2. The number of nitrogens with zero attached hydrogens (tertiary/aromatic N) is 1. The van der Waals surface area contributed by atoms with Crippen molar-refractivity contribution in [3.05, 3.63) is 89.2 Å². The van der Waals surface area contributed by atoms with Gasteiger partial charge < -0.3 is 10.1 Å². The third-order valence-electron chi connectivity index (χ3n) is 5.45. The molecule has 0 saturated carbocycles. The molecule has 0 spiro atoms. The number of halogens is 2. The van der Waals surface area contributed by atoms with Gasteiger partial charge in [0.1, 0.15) is 11.6 Å². The van der Waals surface area contributed by atoms with Crippen LogP contribution in [0.25, 0.3) is 0 Å². The summed E-state index contributed by atoms with van der Waals surface area (Å²) in [5.74, 6) is 0.914. The molecule has 4 rings (SSSR count). The van der Waals surface area contributed by atoms with Crippen molar-refractivity contribution in [2.45, 2.75) is 19.4 Å². The standard InChI is InChI=1S/C25H24ClFN2O2/c26-20-8-11-24(31-22-4-2-1-3-5-22)23(16-20)28-25(30)19-12-14-29(15-13-19)17-18-6-9-21(27)10-7-18/h1-11,16,19H,12-15,17H2,(H,28,30). The van der Waals surface area contributed by atoms with Crippen LogP contribution in [0.3, 0.4) is 0 Å². The maximum absolute atomic E-state index is 13.1. The van der Waals surface area contributed by atoms with E-state index in [0.29, 0.717) is 22.2 Å². The average molecular weight is 439 g/mol. The first-order chi connectivity index (χ1) is 15.1. The fourth-order valence-corrected chi connectivity index (χ4v) is 3.91. The van der Waals surface area contributed by atoms with Gasteiger partial charge in [-0.3, -0.25) is 9.69 Å². The molecule has 1 heterocycles. The molecular formula is C25H24ClFN2O2. The van der Waals surface area contributed by atoms with E-state index >= 15 is 0 Å². The van der Waals surface area contributed by atoms with E-state index in [-0.39, 0.29) is 17.6 Å². The van der Waals surface area contributed by atoms with E-state index in [1.807, 2.05) is 42.5 Å². The van der Waals surface area contributed by atoms with Crippen molar-refractivity contribution in [1.29, 1.82) is 0 Å². The smallest absolute Gasteiger partial charge is 0.227 e. The summed E-state index contributed by atoms with van der Waals surface area (Å²) in [4.78, 5) is 15.2. The minimum absolute atomic E-state index is 0.0263. The van der Waals surface area contributed by atoms with Gasteiger partial charge in [-0.1, -0.05) is 41.9 Å². The molecule has 3 aromatic carbocycles. The number of para-hydroxylation sites is 1. The number of likely N-dealkylation sites (tertiary alicyclic amines) is 1. The van der Waals surface area contributed by atoms with Crippen molar-refractivity contribution < 1.29 is 13.9 Å². The maximum Gasteiger partial charge on any atom is 0.227 e. The zero-order valence-corrected chi connectivity index (χ0v) is 17.8. The lowest BCUT2D eigenvalue weighted by atomic mass is 9.95. The summed E-state index contributed by atoms with van der Waals surface area (Å²) in [6.07, 6.45) is 1.53. The SMILES string of the molecule is O=C(Nc1cc(Cl)ccc1Oc1ccccc1)C1CCN(Cc2ccc(F)cc2)CC1. The van der Waals surface area contributed by atoms with Crippen LogP contribution in [0, 0.1) is 11.7 Å². The van der Waals surface area contributed by atoms with Gasteiger partial charge in [-0.2, -0.15) is 0 Å². The number of carbonyl (C=O) groups excluding carboxylic acids is 1. The largest absolute Gasteiger partial charge is 0.455 e. The van der Waals surface area contributed by atoms with Crippen LogP contribution in [0.5, 0.6) is 11.5 Å². The van der Waals surface area contributed by atoms with Crippen molar-refractivity contribution >= 4 is 23.2 Å². The Morgan fingerprint density at radius 2 is 1.74 bits per heavy atom. The molecule has 3 aromatic rings. The van der Waals surface area contributed by atoms with Crippen LogP contribution in [0.4, 0.5) is 10.1 Å². The Morgan fingerprint density at radius 1 is 1.03 bits per heavy atom. The summed E-state index contributed by atoms with van der Waals surface area (Å²) >= 11 is 6.16. The molecule has 6 heteroatoms. The monoisotopic (exact) mass is 438 g/mol. The Morgan fingerprint density at radius 3 is 2.45 bits per heavy atom. The Balaban J connectivity index is 1.35. The maximum atomic E-state index is 13.1. The summed E-state index contributed by atoms with van der Waals surface area (Å²) in [5, 5.41) is 3.54. The van der Waals surface area contributed by atoms with E-state index < -0.39 is 0 Å². The first kappa shape index (κ1) is 21.3. The molecule has 0 unspecified atom stereocenters. The number of amides is 1. The van der Waals surface area contributed by atoms with Crippen LogP contribution in [0.2, 0.25) is 5.02 Å². The number of rotatable bonds is 6. The molecule has 0 atom stereocenters. The lowest BCUT2D eigenvalue weighted by Gasteiger charge is -2.31. The van der Waals surface area contributed by atoms with E-state index in [2.05, 4.69) is 10.2 Å². The normalized spacial score (nSPS) is 14.9. The zero-order valence-electron chi connectivity index (χ0n) is 17.1. The molecule has 4 nitrogen and oxygen atoms in total. The quantitative estimate of drug-likeness (QED) is 0.504. The lowest BCUT2D eigenvalue weighted by molar-refractivity contribution is -0.121. The molecule has 1 saturated heterocycles. The van der Waals surface area contributed by atoms with E-state index in [0.717, 1.165) is 38.0 Å². The predicted molar refractivity (Wildman–Crippen MR) is 121 cm³/mol. The number of nitrogens with one attached hydrogen (secondary N) is 1. The van der Waals surface area contributed by atoms with E-state index in [1.54, 1.807) is 18.2 Å². The fraction of sp³-hybridized carbons (Fsp3) is 0.240. The Kier molecular flexibility index (Phi) is 6.85. The molecule has 1 aliphatic rings. The average Bonchev–Trinajstić information content (AvgIpc) is 2.78. The van der Waals surface area contributed by atoms with Crippen LogP contribution in [-0.2, 0) is 11.3 Å². The minimum Gasteiger partial charge on any atom is -0.455 e. The number of piperidine rings is 1. The highest BCUT2D eigenvalue weighted by atomic mass is 35.5. The second kappa shape index (κ2) is 9.94. The molecule has 160 valence electrons. The highest BCUT2D eigenvalue weighted by Crippen LogP contribution is 2.33. The van der Waals surface area contributed by atoms with Crippen LogP contribution in [0.1, 0.15) is 18.4 Å². The van der Waals surface area contributed by atoms with Crippen LogP contribution < -0.4 is 10.1 Å². The fourth-order valence-electron chi connectivity index (χ4n) is 3.74. The van der Waals surface area contributed by atoms with Crippen LogP contribution in [-0.4, -0.2) is 23.9 Å². The Bertz CT molecular complexity index is 1020. The second-order valence-corrected chi connectivity index (χ2v) is 8.16. The molecular weight excluding hydrogens is 415 g/mol. The molecule has 0 aromatic heterocycles. The van der Waals surface area contributed by atoms with Gasteiger partial charge in [-0.15, -0.1) is 0 Å². The zero-order chi connectivity index (χ0) is 21.6. The van der Waals surface area contributed by atoms with Gasteiger partial charge in [0.05, 0.1) is 5.69 Å². The summed E-state index contributed by atoms with van der Waals surface area (Å²) in [6.45, 7) is 2.40. The van der Waals surface area contributed by atoms with Crippen molar-refractivity contribution in [3.63, 3.8) is 0 Å². The number of anilines is 1. The number of hydrogen-bond acceptors (Lipinski definition) is 3. The molecule has 0 radical (unpaired) electrons. The molecule has 1 aliphatic heterocycles. The number of benzene rings is 3. The molecule has 1 fully saturated rings. The Hall–Kier alpha value is -2.89. The highest BCUT2D eigenvalue weighted by molar-refractivity contribution is 6.31. The van der Waals surface area contributed by atoms with Gasteiger partial charge in [-0.25, -0.2) is 4.39 Å². The molecule has 0 bridgehead atoms. The molecule has 1 amide bonds. The number of carbonyl (C=O) groups is 1. The summed E-state index contributed by atoms with van der Waals surface area (Å²) < 4.78 is 19.0. The highest BCUT2D eigenvalue weighted by Gasteiger charge is 2.26. The first-order valence-corrected chi connectivity index (χ1v) is 10.7. The van der Waals surface area contributed by atoms with Gasteiger partial charge in [0.25, 0.3) is 0 Å². The van der Waals surface area contributed by atoms with Gasteiger partial charge >= 0.3 is 0 Å². The summed E-state index contributed by atoms with van der Waals surface area (Å²) in [7, 11) is 0. The third kappa shape index (κ3) is 5.84. The first-order valence-electron chi connectivity index (χ1n) is 10.4.